The normalized spacial score (nSPS) is 18.6. The van der Waals surface area contributed by atoms with Crippen LogP contribution in [-0.2, 0) is 22.4 Å². The van der Waals surface area contributed by atoms with E-state index in [1.807, 2.05) is 36.5 Å². The number of para-hydroxylation sites is 1. The molecule has 7 nitrogen and oxygen atoms in total. The molecule has 2 aliphatic heterocycles. The van der Waals surface area contributed by atoms with Crippen LogP contribution in [0.3, 0.4) is 0 Å². The van der Waals surface area contributed by atoms with E-state index >= 15 is 0 Å². The van der Waals surface area contributed by atoms with Gasteiger partial charge < -0.3 is 24.8 Å². The Hall–Kier alpha value is -4.52. The number of carbonyl (C=O) groups excluding carboxylic acids is 2. The number of benzene rings is 3. The van der Waals surface area contributed by atoms with Crippen molar-refractivity contribution in [1.29, 1.82) is 0 Å². The van der Waals surface area contributed by atoms with Gasteiger partial charge in [-0.25, -0.2) is 0 Å². The molecule has 3 heterocycles. The van der Waals surface area contributed by atoms with E-state index in [2.05, 4.69) is 4.98 Å². The maximum atomic E-state index is 13.3. The van der Waals surface area contributed by atoms with Crippen molar-refractivity contribution in [2.45, 2.75) is 18.9 Å². The van der Waals surface area contributed by atoms with E-state index in [0.717, 1.165) is 34.2 Å². The highest BCUT2D eigenvalue weighted by atomic mass is 16.5. The van der Waals surface area contributed by atoms with Gasteiger partial charge in [0, 0.05) is 35.6 Å². The highest BCUT2D eigenvalue weighted by molar-refractivity contribution is 6.46. The number of aromatic hydroxyl groups is 1. The lowest BCUT2D eigenvalue weighted by molar-refractivity contribution is -0.139. The van der Waals surface area contributed by atoms with Gasteiger partial charge in [0.15, 0.2) is 0 Å². The lowest BCUT2D eigenvalue weighted by atomic mass is 9.94. The molecule has 1 unspecified atom stereocenters. The lowest BCUT2D eigenvalue weighted by Crippen LogP contribution is -2.31. The van der Waals surface area contributed by atoms with Crippen LogP contribution in [0.15, 0.2) is 78.5 Å². The number of Topliss-reactive ketones (excluding diaryl/α,β-unsaturated/α-hetero) is 1. The number of phenolic OH excluding ortho intramolecular Hbond substituents is 1. The van der Waals surface area contributed by atoms with Crippen molar-refractivity contribution in [1.82, 2.24) is 9.88 Å². The first-order valence-corrected chi connectivity index (χ1v) is 11.9. The average molecular weight is 481 g/mol. The Balaban J connectivity index is 1.41. The van der Waals surface area contributed by atoms with Crippen LogP contribution in [0.5, 0.6) is 11.5 Å². The molecule has 0 bridgehead atoms. The van der Waals surface area contributed by atoms with Gasteiger partial charge >= 0.3 is 0 Å². The minimum Gasteiger partial charge on any atom is -0.508 e. The first-order valence-electron chi connectivity index (χ1n) is 11.9. The molecule has 1 aromatic heterocycles. The summed E-state index contributed by atoms with van der Waals surface area (Å²) in [6.07, 6.45) is 3.17. The highest BCUT2D eigenvalue weighted by Crippen LogP contribution is 2.40. The molecule has 36 heavy (non-hydrogen) atoms. The predicted octanol–water partition coefficient (Wildman–Crippen LogP) is 4.47. The van der Waals surface area contributed by atoms with Gasteiger partial charge in [-0.05, 0) is 59.5 Å². The van der Waals surface area contributed by atoms with E-state index in [0.29, 0.717) is 24.2 Å². The number of aromatic nitrogens is 1. The molecule has 7 heteroatoms. The molecular formula is C29H24N2O5. The molecule has 0 spiro atoms. The summed E-state index contributed by atoms with van der Waals surface area (Å²) < 4.78 is 5.56. The fourth-order valence-electron chi connectivity index (χ4n) is 5.18. The molecular weight excluding hydrogens is 456 g/mol. The Kier molecular flexibility index (Phi) is 5.25. The van der Waals surface area contributed by atoms with Gasteiger partial charge in [-0.1, -0.05) is 30.3 Å². The zero-order valence-electron chi connectivity index (χ0n) is 19.4. The van der Waals surface area contributed by atoms with Crippen LogP contribution < -0.4 is 4.74 Å². The second-order valence-electron chi connectivity index (χ2n) is 9.11. The predicted molar refractivity (Wildman–Crippen MR) is 135 cm³/mol. The van der Waals surface area contributed by atoms with Crippen molar-refractivity contribution in [2.75, 3.05) is 13.2 Å². The van der Waals surface area contributed by atoms with Crippen molar-refractivity contribution < 1.29 is 24.5 Å². The summed E-state index contributed by atoms with van der Waals surface area (Å²) in [6.45, 7) is 0.859. The molecule has 1 atom stereocenters. The summed E-state index contributed by atoms with van der Waals surface area (Å²) in [6, 6.07) is 18.8. The van der Waals surface area contributed by atoms with Crippen LogP contribution in [0.4, 0.5) is 0 Å². The average Bonchev–Trinajstić information content (AvgIpc) is 3.60. The van der Waals surface area contributed by atoms with Crippen LogP contribution in [-0.4, -0.2) is 44.9 Å². The summed E-state index contributed by atoms with van der Waals surface area (Å²) >= 11 is 0. The van der Waals surface area contributed by atoms with Gasteiger partial charge in [0.1, 0.15) is 17.3 Å². The first kappa shape index (κ1) is 22.0. The second kappa shape index (κ2) is 8.61. The second-order valence-corrected chi connectivity index (χ2v) is 9.11. The first-order chi connectivity index (χ1) is 17.5. The van der Waals surface area contributed by atoms with Crippen LogP contribution in [0.2, 0.25) is 0 Å². The Labute approximate surface area is 207 Å². The van der Waals surface area contributed by atoms with Crippen LogP contribution in [0.25, 0.3) is 16.7 Å². The SMILES string of the molecule is O=C1C(=O)N(CCc2c[nH]c3ccccc23)C(c2ccc(O)cc2)/C1=C(\O)c1ccc2c(c1)CCO2. The quantitative estimate of drug-likeness (QED) is 0.222. The fourth-order valence-corrected chi connectivity index (χ4v) is 5.18. The molecule has 3 aromatic carbocycles. The lowest BCUT2D eigenvalue weighted by Gasteiger charge is -2.25. The van der Waals surface area contributed by atoms with Gasteiger partial charge in [0.25, 0.3) is 11.7 Å². The number of fused-ring (bicyclic) bond motifs is 2. The summed E-state index contributed by atoms with van der Waals surface area (Å²) in [7, 11) is 0. The number of hydrogen-bond donors (Lipinski definition) is 3. The van der Waals surface area contributed by atoms with Gasteiger partial charge in [0.05, 0.1) is 18.2 Å². The number of aromatic amines is 1. The number of phenols is 1. The van der Waals surface area contributed by atoms with E-state index < -0.39 is 17.7 Å². The number of ketones is 1. The van der Waals surface area contributed by atoms with Crippen LogP contribution in [0.1, 0.15) is 28.3 Å². The van der Waals surface area contributed by atoms with Crippen molar-refractivity contribution >= 4 is 28.4 Å². The number of H-pyrrole nitrogens is 1. The Morgan fingerprint density at radius 1 is 1.06 bits per heavy atom. The largest absolute Gasteiger partial charge is 0.508 e. The number of ether oxygens (including phenoxy) is 1. The topological polar surface area (TPSA) is 103 Å². The zero-order valence-corrected chi connectivity index (χ0v) is 19.4. The van der Waals surface area contributed by atoms with Crippen molar-refractivity contribution in [3.05, 3.63) is 101 Å². The number of nitrogens with zero attached hydrogens (tertiary/aromatic N) is 1. The number of rotatable bonds is 5. The minimum atomic E-state index is -0.777. The third-order valence-electron chi connectivity index (χ3n) is 7.01. The fraction of sp³-hybridized carbons (Fsp3) is 0.172. The minimum absolute atomic E-state index is 0.0449. The van der Waals surface area contributed by atoms with Gasteiger partial charge in [-0.2, -0.15) is 0 Å². The van der Waals surface area contributed by atoms with E-state index in [1.165, 1.54) is 17.0 Å². The maximum absolute atomic E-state index is 13.3. The van der Waals surface area contributed by atoms with E-state index in [1.54, 1.807) is 24.3 Å². The summed E-state index contributed by atoms with van der Waals surface area (Å²) in [5.41, 5.74) is 4.15. The Morgan fingerprint density at radius 3 is 2.69 bits per heavy atom. The van der Waals surface area contributed by atoms with Gasteiger partial charge in [-0.3, -0.25) is 9.59 Å². The molecule has 180 valence electrons. The number of aliphatic hydroxyl groups excluding tert-OH is 1. The summed E-state index contributed by atoms with van der Waals surface area (Å²) in [5.74, 6) is -0.745. The Bertz CT molecular complexity index is 1530. The third kappa shape index (κ3) is 3.60. The molecule has 0 saturated carbocycles. The van der Waals surface area contributed by atoms with Crippen molar-refractivity contribution in [3.63, 3.8) is 0 Å². The number of amides is 1. The molecule has 0 radical (unpaired) electrons. The molecule has 1 amide bonds. The molecule has 3 N–H and O–H groups in total. The number of hydrogen-bond acceptors (Lipinski definition) is 5. The van der Waals surface area contributed by atoms with Gasteiger partial charge in [0.2, 0.25) is 0 Å². The molecule has 6 rings (SSSR count). The number of aliphatic hydroxyl groups is 1. The molecule has 4 aromatic rings. The monoisotopic (exact) mass is 480 g/mol. The molecule has 1 fully saturated rings. The zero-order chi connectivity index (χ0) is 24.8. The van der Waals surface area contributed by atoms with E-state index in [4.69, 9.17) is 4.74 Å². The summed E-state index contributed by atoms with van der Waals surface area (Å²) in [4.78, 5) is 31.3. The van der Waals surface area contributed by atoms with Gasteiger partial charge in [-0.15, -0.1) is 0 Å². The number of nitrogens with one attached hydrogen (secondary N) is 1. The van der Waals surface area contributed by atoms with E-state index in [9.17, 15) is 19.8 Å². The van der Waals surface area contributed by atoms with Crippen molar-refractivity contribution in [2.24, 2.45) is 0 Å². The maximum Gasteiger partial charge on any atom is 0.295 e. The number of likely N-dealkylation sites (tertiary alicyclic amines) is 1. The van der Waals surface area contributed by atoms with Crippen LogP contribution >= 0.6 is 0 Å². The smallest absolute Gasteiger partial charge is 0.295 e. The Morgan fingerprint density at radius 2 is 1.86 bits per heavy atom. The molecule has 1 saturated heterocycles. The third-order valence-corrected chi connectivity index (χ3v) is 7.01. The van der Waals surface area contributed by atoms with Crippen molar-refractivity contribution in [3.8, 4) is 11.5 Å². The number of carbonyl (C=O) groups is 2. The standard InChI is InChI=1S/C29H24N2O5/c32-21-8-5-17(6-9-21)26-25(27(33)19-7-10-24-18(15-19)12-14-36-24)28(34)29(35)31(26)13-11-20-16-30-23-4-2-1-3-22(20)23/h1-10,15-16,26,30,32-33H,11-14H2/b27-25+. The summed E-state index contributed by atoms with van der Waals surface area (Å²) in [5, 5.41) is 22.2. The highest BCUT2D eigenvalue weighted by Gasteiger charge is 2.46. The van der Waals surface area contributed by atoms with Crippen LogP contribution in [0, 0.1) is 0 Å². The van der Waals surface area contributed by atoms with E-state index in [-0.39, 0.29) is 23.6 Å². The molecule has 0 aliphatic carbocycles. The molecule has 2 aliphatic rings.